The molecule has 9 heteroatoms. The Morgan fingerprint density at radius 1 is 1.09 bits per heavy atom. The van der Waals surface area contributed by atoms with Gasteiger partial charge in [-0.25, -0.2) is 14.5 Å². The number of para-hydroxylation sites is 1. The van der Waals surface area contributed by atoms with Gasteiger partial charge in [-0.1, -0.05) is 36.9 Å². The third-order valence-electron chi connectivity index (χ3n) is 5.05. The number of carbonyl (C=O) groups is 3. The summed E-state index contributed by atoms with van der Waals surface area (Å²) in [5.41, 5.74) is 6.16. The van der Waals surface area contributed by atoms with Gasteiger partial charge in [0, 0.05) is 13.1 Å². The van der Waals surface area contributed by atoms with Gasteiger partial charge < -0.3 is 26.2 Å². The molecule has 1 heterocycles. The SMILES string of the molecule is C=C(N)NCCC[C@H]1C(=O)N(C(=O)NCc2cccc(Oc3ccccc3)c2)C1C(=O)O. The maximum Gasteiger partial charge on any atom is 0.327 e. The molecular weight excluding hydrogens is 412 g/mol. The highest BCUT2D eigenvalue weighted by Gasteiger charge is 2.54. The molecule has 0 aliphatic carbocycles. The van der Waals surface area contributed by atoms with Crippen LogP contribution in [0.1, 0.15) is 18.4 Å². The average molecular weight is 438 g/mol. The molecule has 1 saturated heterocycles. The van der Waals surface area contributed by atoms with Crippen LogP contribution in [0.4, 0.5) is 4.79 Å². The Labute approximate surface area is 185 Å². The summed E-state index contributed by atoms with van der Waals surface area (Å²) in [6, 6.07) is 14.5. The zero-order valence-corrected chi connectivity index (χ0v) is 17.5. The molecule has 0 spiro atoms. The first-order chi connectivity index (χ1) is 15.4. The van der Waals surface area contributed by atoms with E-state index in [0.29, 0.717) is 36.7 Å². The summed E-state index contributed by atoms with van der Waals surface area (Å²) in [5, 5.41) is 14.9. The summed E-state index contributed by atoms with van der Waals surface area (Å²) in [6.45, 7) is 4.10. The van der Waals surface area contributed by atoms with Crippen LogP contribution in [-0.4, -0.2) is 40.5 Å². The maximum atomic E-state index is 12.5. The number of imide groups is 1. The minimum absolute atomic E-state index is 0.119. The standard InChI is InChI=1S/C23H26N4O5/c1-15(24)25-12-6-11-19-20(22(29)30)27(21(19)28)23(31)26-14-16-7-5-10-18(13-16)32-17-8-3-2-4-9-17/h2-5,7-10,13,19-20,25H,1,6,11-12,14,24H2,(H,26,31)(H,29,30)/t19-,20?/m1/s1. The maximum absolute atomic E-state index is 12.5. The molecule has 1 unspecified atom stereocenters. The first-order valence-corrected chi connectivity index (χ1v) is 10.2. The Balaban J connectivity index is 1.55. The first-order valence-electron chi connectivity index (χ1n) is 10.2. The van der Waals surface area contributed by atoms with Crippen molar-refractivity contribution >= 4 is 17.9 Å². The van der Waals surface area contributed by atoms with Crippen LogP contribution in [0.15, 0.2) is 67.0 Å². The number of urea groups is 1. The van der Waals surface area contributed by atoms with Gasteiger partial charge in [0.15, 0.2) is 6.04 Å². The molecule has 0 aromatic heterocycles. The lowest BCUT2D eigenvalue weighted by Gasteiger charge is -2.42. The number of nitrogens with two attached hydrogens (primary N) is 1. The molecule has 2 aromatic carbocycles. The van der Waals surface area contributed by atoms with Crippen molar-refractivity contribution in [2.75, 3.05) is 6.54 Å². The lowest BCUT2D eigenvalue weighted by molar-refractivity contribution is -0.166. The number of hydrogen-bond acceptors (Lipinski definition) is 6. The molecule has 1 aliphatic rings. The van der Waals surface area contributed by atoms with Crippen LogP contribution in [0.3, 0.4) is 0 Å². The highest BCUT2D eigenvalue weighted by Crippen LogP contribution is 2.31. The molecule has 9 nitrogen and oxygen atoms in total. The van der Waals surface area contributed by atoms with Gasteiger partial charge in [-0.05, 0) is 42.7 Å². The Hall–Kier alpha value is -4.01. The second-order valence-electron chi connectivity index (χ2n) is 7.41. The molecule has 2 atom stereocenters. The van der Waals surface area contributed by atoms with E-state index in [0.717, 1.165) is 10.5 Å². The highest BCUT2D eigenvalue weighted by atomic mass is 16.5. The smallest absolute Gasteiger partial charge is 0.327 e. The number of benzene rings is 2. The number of carbonyl (C=O) groups excluding carboxylic acids is 2. The van der Waals surface area contributed by atoms with Crippen molar-refractivity contribution in [3.8, 4) is 11.5 Å². The van der Waals surface area contributed by atoms with E-state index in [2.05, 4.69) is 17.2 Å². The van der Waals surface area contributed by atoms with E-state index in [1.807, 2.05) is 30.3 Å². The zero-order chi connectivity index (χ0) is 23.1. The topological polar surface area (TPSA) is 134 Å². The van der Waals surface area contributed by atoms with Crippen molar-refractivity contribution < 1.29 is 24.2 Å². The highest BCUT2D eigenvalue weighted by molar-refractivity contribution is 6.07. The molecule has 3 amide bonds. The summed E-state index contributed by atoms with van der Waals surface area (Å²) < 4.78 is 5.77. The molecule has 0 radical (unpaired) electrons. The monoisotopic (exact) mass is 438 g/mol. The van der Waals surface area contributed by atoms with Crippen molar-refractivity contribution in [2.24, 2.45) is 11.7 Å². The van der Waals surface area contributed by atoms with E-state index in [9.17, 15) is 19.5 Å². The number of rotatable bonds is 10. The summed E-state index contributed by atoms with van der Waals surface area (Å²) in [5.74, 6) is -0.865. The van der Waals surface area contributed by atoms with Gasteiger partial charge in [0.05, 0.1) is 11.7 Å². The molecule has 0 bridgehead atoms. The summed E-state index contributed by atoms with van der Waals surface area (Å²) >= 11 is 0. The van der Waals surface area contributed by atoms with E-state index in [1.54, 1.807) is 24.3 Å². The lowest BCUT2D eigenvalue weighted by Crippen LogP contribution is -2.68. The molecular formula is C23H26N4O5. The normalized spacial score (nSPS) is 17.2. The number of β-lactam (4-membered cyclic amide) rings is 1. The van der Waals surface area contributed by atoms with Crippen molar-refractivity contribution in [3.05, 3.63) is 72.6 Å². The molecule has 2 aromatic rings. The predicted molar refractivity (Wildman–Crippen MR) is 118 cm³/mol. The van der Waals surface area contributed by atoms with Gasteiger partial charge in [-0.3, -0.25) is 4.79 Å². The van der Waals surface area contributed by atoms with E-state index in [4.69, 9.17) is 10.5 Å². The minimum Gasteiger partial charge on any atom is -0.480 e. The minimum atomic E-state index is -1.21. The summed E-state index contributed by atoms with van der Waals surface area (Å²) in [7, 11) is 0. The summed E-state index contributed by atoms with van der Waals surface area (Å²) in [4.78, 5) is 37.4. The van der Waals surface area contributed by atoms with Crippen LogP contribution >= 0.6 is 0 Å². The van der Waals surface area contributed by atoms with Gasteiger partial charge in [0.2, 0.25) is 5.91 Å². The number of aliphatic carboxylic acids is 1. The number of carboxylic acid groups (broad SMARTS) is 1. The average Bonchev–Trinajstić information content (AvgIpc) is 2.76. The molecule has 5 N–H and O–H groups in total. The van der Waals surface area contributed by atoms with Gasteiger partial charge in [-0.15, -0.1) is 0 Å². The second kappa shape index (κ2) is 10.3. The quantitative estimate of drug-likeness (QED) is 0.331. The van der Waals surface area contributed by atoms with Crippen LogP contribution in [0.5, 0.6) is 11.5 Å². The largest absolute Gasteiger partial charge is 0.480 e. The van der Waals surface area contributed by atoms with Crippen molar-refractivity contribution in [1.29, 1.82) is 0 Å². The molecule has 32 heavy (non-hydrogen) atoms. The van der Waals surface area contributed by atoms with Gasteiger partial charge in [0.1, 0.15) is 11.5 Å². The van der Waals surface area contributed by atoms with Crippen LogP contribution in [0.25, 0.3) is 0 Å². The molecule has 0 saturated carbocycles. The fraction of sp³-hybridized carbons (Fsp3) is 0.261. The number of likely N-dealkylation sites (tertiary alicyclic amines) is 1. The Morgan fingerprint density at radius 2 is 1.81 bits per heavy atom. The first kappa shape index (κ1) is 22.7. The number of ether oxygens (including phenoxy) is 1. The number of amides is 3. The van der Waals surface area contributed by atoms with Crippen LogP contribution in [0, 0.1) is 5.92 Å². The van der Waals surface area contributed by atoms with Crippen molar-refractivity contribution in [2.45, 2.75) is 25.4 Å². The molecule has 1 aliphatic heterocycles. The van der Waals surface area contributed by atoms with Crippen LogP contribution in [0.2, 0.25) is 0 Å². The fourth-order valence-corrected chi connectivity index (χ4v) is 3.52. The van der Waals surface area contributed by atoms with Gasteiger partial charge in [0.25, 0.3) is 0 Å². The van der Waals surface area contributed by atoms with Gasteiger partial charge in [-0.2, -0.15) is 0 Å². The lowest BCUT2D eigenvalue weighted by atomic mass is 9.84. The fourth-order valence-electron chi connectivity index (χ4n) is 3.52. The van der Waals surface area contributed by atoms with Gasteiger partial charge >= 0.3 is 12.0 Å². The molecule has 3 rings (SSSR count). The number of nitrogens with one attached hydrogen (secondary N) is 2. The van der Waals surface area contributed by atoms with E-state index < -0.39 is 29.9 Å². The number of hydrogen-bond donors (Lipinski definition) is 4. The van der Waals surface area contributed by atoms with E-state index in [1.165, 1.54) is 0 Å². The Morgan fingerprint density at radius 3 is 2.50 bits per heavy atom. The van der Waals surface area contributed by atoms with E-state index in [-0.39, 0.29) is 6.54 Å². The number of nitrogens with zero attached hydrogens (tertiary/aromatic N) is 1. The summed E-state index contributed by atoms with van der Waals surface area (Å²) in [6.07, 6.45) is 0.860. The third-order valence-corrected chi connectivity index (χ3v) is 5.05. The zero-order valence-electron chi connectivity index (χ0n) is 17.5. The Kier molecular flexibility index (Phi) is 7.33. The second-order valence-corrected chi connectivity index (χ2v) is 7.41. The molecule has 168 valence electrons. The van der Waals surface area contributed by atoms with Crippen LogP contribution in [-0.2, 0) is 16.1 Å². The van der Waals surface area contributed by atoms with Crippen LogP contribution < -0.4 is 21.1 Å². The van der Waals surface area contributed by atoms with Crippen molar-refractivity contribution in [3.63, 3.8) is 0 Å². The van der Waals surface area contributed by atoms with Crippen molar-refractivity contribution in [1.82, 2.24) is 15.5 Å². The third kappa shape index (κ3) is 5.57. The predicted octanol–water partition coefficient (Wildman–Crippen LogP) is 2.40. The number of carboxylic acids is 1. The van der Waals surface area contributed by atoms with E-state index >= 15 is 0 Å². The molecule has 1 fully saturated rings. The Bertz CT molecular complexity index is 995.